The first kappa shape index (κ1) is 14.6. The number of thiophene rings is 1. The summed E-state index contributed by atoms with van der Waals surface area (Å²) in [5, 5.41) is 4.89. The summed E-state index contributed by atoms with van der Waals surface area (Å²) in [5.41, 5.74) is 2.31. The number of aryl methyl sites for hydroxylation is 2. The SMILES string of the molecule is Cc1ccc(OCCC(=O)NCc2cccs2)c(C)c1. The van der Waals surface area contributed by atoms with Crippen molar-refractivity contribution in [3.05, 3.63) is 51.7 Å². The molecule has 0 bridgehead atoms. The van der Waals surface area contributed by atoms with Gasteiger partial charge in [-0.15, -0.1) is 11.3 Å². The lowest BCUT2D eigenvalue weighted by atomic mass is 10.1. The van der Waals surface area contributed by atoms with E-state index in [1.165, 1.54) is 5.56 Å². The Hall–Kier alpha value is -1.81. The summed E-state index contributed by atoms with van der Waals surface area (Å²) in [6.45, 7) is 5.06. The molecule has 0 saturated carbocycles. The number of carbonyl (C=O) groups excluding carboxylic acids is 1. The third-order valence-corrected chi connectivity index (χ3v) is 3.83. The number of hydrogen-bond donors (Lipinski definition) is 1. The summed E-state index contributed by atoms with van der Waals surface area (Å²) in [5.74, 6) is 0.866. The number of hydrogen-bond acceptors (Lipinski definition) is 3. The number of carbonyl (C=O) groups is 1. The van der Waals surface area contributed by atoms with Crippen LogP contribution >= 0.6 is 11.3 Å². The van der Waals surface area contributed by atoms with Crippen LogP contribution in [-0.2, 0) is 11.3 Å². The molecule has 0 spiro atoms. The molecule has 1 amide bonds. The van der Waals surface area contributed by atoms with Crippen LogP contribution in [-0.4, -0.2) is 12.5 Å². The molecular weight excluding hydrogens is 270 g/mol. The van der Waals surface area contributed by atoms with Gasteiger partial charge in [-0.25, -0.2) is 0 Å². The van der Waals surface area contributed by atoms with Crippen molar-refractivity contribution >= 4 is 17.2 Å². The molecule has 4 heteroatoms. The molecule has 1 aromatic heterocycles. The van der Waals surface area contributed by atoms with E-state index < -0.39 is 0 Å². The van der Waals surface area contributed by atoms with Gasteiger partial charge in [-0.2, -0.15) is 0 Å². The molecule has 1 N–H and O–H groups in total. The molecule has 0 atom stereocenters. The fraction of sp³-hybridized carbons (Fsp3) is 0.312. The Balaban J connectivity index is 1.71. The maximum atomic E-state index is 11.7. The predicted molar refractivity (Wildman–Crippen MR) is 82.2 cm³/mol. The van der Waals surface area contributed by atoms with Gasteiger partial charge >= 0.3 is 0 Å². The second-order valence-electron chi connectivity index (χ2n) is 4.72. The van der Waals surface area contributed by atoms with Crippen molar-refractivity contribution in [3.63, 3.8) is 0 Å². The maximum Gasteiger partial charge on any atom is 0.223 e. The molecule has 0 aliphatic rings. The lowest BCUT2D eigenvalue weighted by Gasteiger charge is -2.09. The topological polar surface area (TPSA) is 38.3 Å². The second kappa shape index (κ2) is 7.10. The van der Waals surface area contributed by atoms with Crippen molar-refractivity contribution in [2.75, 3.05) is 6.61 Å². The first-order valence-electron chi connectivity index (χ1n) is 6.64. The van der Waals surface area contributed by atoms with Gasteiger partial charge in [-0.05, 0) is 36.9 Å². The van der Waals surface area contributed by atoms with Gasteiger partial charge in [0.1, 0.15) is 5.75 Å². The van der Waals surface area contributed by atoms with Crippen molar-refractivity contribution in [1.29, 1.82) is 0 Å². The summed E-state index contributed by atoms with van der Waals surface area (Å²) in [6, 6.07) is 10.0. The molecule has 0 unspecified atom stereocenters. The molecule has 3 nitrogen and oxygen atoms in total. The number of amides is 1. The Morgan fingerprint density at radius 2 is 2.15 bits per heavy atom. The summed E-state index contributed by atoms with van der Waals surface area (Å²) in [7, 11) is 0. The minimum absolute atomic E-state index is 0.0168. The molecule has 0 aliphatic carbocycles. The average Bonchev–Trinajstić information content (AvgIpc) is 2.92. The minimum Gasteiger partial charge on any atom is -0.493 e. The lowest BCUT2D eigenvalue weighted by Crippen LogP contribution is -2.24. The van der Waals surface area contributed by atoms with E-state index in [1.54, 1.807) is 11.3 Å². The van der Waals surface area contributed by atoms with E-state index in [0.717, 1.165) is 16.2 Å². The molecule has 0 fully saturated rings. The van der Waals surface area contributed by atoms with Crippen LogP contribution in [0.5, 0.6) is 5.75 Å². The molecule has 20 heavy (non-hydrogen) atoms. The Morgan fingerprint density at radius 3 is 2.85 bits per heavy atom. The predicted octanol–water partition coefficient (Wildman–Crippen LogP) is 3.45. The lowest BCUT2D eigenvalue weighted by molar-refractivity contribution is -0.121. The highest BCUT2D eigenvalue weighted by Gasteiger charge is 2.04. The van der Waals surface area contributed by atoms with Crippen molar-refractivity contribution in [1.82, 2.24) is 5.32 Å². The molecule has 1 aromatic carbocycles. The van der Waals surface area contributed by atoms with Crippen molar-refractivity contribution in [2.45, 2.75) is 26.8 Å². The molecule has 2 rings (SSSR count). The Kier molecular flexibility index (Phi) is 5.18. The van der Waals surface area contributed by atoms with E-state index in [-0.39, 0.29) is 5.91 Å². The zero-order chi connectivity index (χ0) is 14.4. The highest BCUT2D eigenvalue weighted by atomic mass is 32.1. The molecule has 0 aliphatic heterocycles. The molecule has 106 valence electrons. The molecule has 0 radical (unpaired) electrons. The average molecular weight is 289 g/mol. The molecule has 1 heterocycles. The van der Waals surface area contributed by atoms with E-state index in [4.69, 9.17) is 4.74 Å². The zero-order valence-corrected chi connectivity index (χ0v) is 12.6. The summed E-state index contributed by atoms with van der Waals surface area (Å²) < 4.78 is 5.64. The van der Waals surface area contributed by atoms with Gasteiger partial charge in [0, 0.05) is 4.88 Å². The van der Waals surface area contributed by atoms with Gasteiger partial charge in [0.25, 0.3) is 0 Å². The van der Waals surface area contributed by atoms with Crippen LogP contribution in [0.1, 0.15) is 22.4 Å². The van der Waals surface area contributed by atoms with Crippen LogP contribution < -0.4 is 10.1 Å². The first-order valence-corrected chi connectivity index (χ1v) is 7.52. The molecular formula is C16H19NO2S. The molecule has 2 aromatic rings. The Morgan fingerprint density at radius 1 is 1.30 bits per heavy atom. The van der Waals surface area contributed by atoms with Crippen LogP contribution in [0.2, 0.25) is 0 Å². The number of benzene rings is 1. The van der Waals surface area contributed by atoms with Crippen molar-refractivity contribution in [2.24, 2.45) is 0 Å². The quantitative estimate of drug-likeness (QED) is 0.884. The van der Waals surface area contributed by atoms with Gasteiger partial charge in [-0.3, -0.25) is 4.79 Å². The largest absolute Gasteiger partial charge is 0.493 e. The third-order valence-electron chi connectivity index (χ3n) is 2.96. The van der Waals surface area contributed by atoms with Crippen LogP contribution in [0.25, 0.3) is 0 Å². The second-order valence-corrected chi connectivity index (χ2v) is 5.76. The van der Waals surface area contributed by atoms with Crippen LogP contribution in [0.3, 0.4) is 0 Å². The fourth-order valence-corrected chi connectivity index (χ4v) is 2.55. The van der Waals surface area contributed by atoms with Crippen LogP contribution in [0, 0.1) is 13.8 Å². The summed E-state index contributed by atoms with van der Waals surface area (Å²) >= 11 is 1.64. The Labute approximate surface area is 123 Å². The fourth-order valence-electron chi connectivity index (χ4n) is 1.90. The van der Waals surface area contributed by atoms with Gasteiger partial charge in [0.15, 0.2) is 0 Å². The number of ether oxygens (including phenoxy) is 1. The highest BCUT2D eigenvalue weighted by molar-refractivity contribution is 7.09. The zero-order valence-electron chi connectivity index (χ0n) is 11.8. The van der Waals surface area contributed by atoms with E-state index in [0.29, 0.717) is 19.6 Å². The van der Waals surface area contributed by atoms with Gasteiger partial charge in [-0.1, -0.05) is 23.8 Å². The first-order chi connectivity index (χ1) is 9.65. The third kappa shape index (κ3) is 4.38. The van der Waals surface area contributed by atoms with Gasteiger partial charge in [0.05, 0.1) is 19.6 Å². The smallest absolute Gasteiger partial charge is 0.223 e. The molecule has 0 saturated heterocycles. The minimum atomic E-state index is 0.0168. The van der Waals surface area contributed by atoms with E-state index in [1.807, 2.05) is 36.6 Å². The maximum absolute atomic E-state index is 11.7. The summed E-state index contributed by atoms with van der Waals surface area (Å²) in [6.07, 6.45) is 0.374. The van der Waals surface area contributed by atoms with Gasteiger partial charge < -0.3 is 10.1 Å². The van der Waals surface area contributed by atoms with Crippen LogP contribution in [0.4, 0.5) is 0 Å². The standard InChI is InChI=1S/C16H19NO2S/c1-12-5-6-15(13(2)10-12)19-8-7-16(18)17-11-14-4-3-9-20-14/h3-6,9-10H,7-8,11H2,1-2H3,(H,17,18). The van der Waals surface area contributed by atoms with Gasteiger partial charge in [0.2, 0.25) is 5.91 Å². The van der Waals surface area contributed by atoms with E-state index in [9.17, 15) is 4.79 Å². The van der Waals surface area contributed by atoms with Crippen molar-refractivity contribution < 1.29 is 9.53 Å². The van der Waals surface area contributed by atoms with E-state index >= 15 is 0 Å². The van der Waals surface area contributed by atoms with Crippen molar-refractivity contribution in [3.8, 4) is 5.75 Å². The van der Waals surface area contributed by atoms with Crippen LogP contribution in [0.15, 0.2) is 35.7 Å². The Bertz CT molecular complexity index is 564. The highest BCUT2D eigenvalue weighted by Crippen LogP contribution is 2.18. The van der Waals surface area contributed by atoms with E-state index in [2.05, 4.69) is 18.3 Å². The normalized spacial score (nSPS) is 10.3. The summed E-state index contributed by atoms with van der Waals surface area (Å²) in [4.78, 5) is 12.8. The monoisotopic (exact) mass is 289 g/mol. The number of nitrogens with one attached hydrogen (secondary N) is 1. The number of rotatable bonds is 6.